The van der Waals surface area contributed by atoms with E-state index >= 15 is 0 Å². The molecule has 9 heteroatoms. The van der Waals surface area contributed by atoms with Crippen LogP contribution in [0.4, 0.5) is 0 Å². The first-order valence-corrected chi connectivity index (χ1v) is 8.77. The molecule has 3 heterocycles. The lowest BCUT2D eigenvalue weighted by Crippen LogP contribution is -2.45. The van der Waals surface area contributed by atoms with Crippen LogP contribution in [-0.2, 0) is 16.1 Å². The third-order valence-corrected chi connectivity index (χ3v) is 4.72. The maximum absolute atomic E-state index is 12.9. The molecule has 2 amide bonds. The summed E-state index contributed by atoms with van der Waals surface area (Å²) in [5.74, 6) is -1.11. The molecule has 144 valence electrons. The molecule has 1 aliphatic rings. The van der Waals surface area contributed by atoms with Crippen LogP contribution in [0.15, 0.2) is 58.0 Å². The quantitative estimate of drug-likeness (QED) is 0.687. The van der Waals surface area contributed by atoms with Crippen LogP contribution >= 0.6 is 0 Å². The molecular formula is C19H18N4O5. The molecule has 2 aromatic heterocycles. The number of ether oxygens (including phenoxy) is 1. The number of para-hydroxylation sites is 2. The van der Waals surface area contributed by atoms with Gasteiger partial charge in [-0.05, 0) is 24.3 Å². The van der Waals surface area contributed by atoms with Crippen molar-refractivity contribution < 1.29 is 18.7 Å². The number of nitrogens with two attached hydrogens (primary N) is 1. The molecule has 9 nitrogen and oxygen atoms in total. The third kappa shape index (κ3) is 3.34. The number of fused-ring (bicyclic) bond motifs is 1. The fourth-order valence-electron chi connectivity index (χ4n) is 3.43. The van der Waals surface area contributed by atoms with Crippen molar-refractivity contribution in [3.8, 4) is 5.75 Å². The lowest BCUT2D eigenvalue weighted by atomic mass is 10.2. The molecule has 0 radical (unpaired) electrons. The first kappa shape index (κ1) is 17.8. The van der Waals surface area contributed by atoms with Gasteiger partial charge in [0.2, 0.25) is 11.8 Å². The number of likely N-dealkylation sites (tertiary alicyclic amines) is 1. The van der Waals surface area contributed by atoms with Crippen LogP contribution in [-0.4, -0.2) is 45.0 Å². The van der Waals surface area contributed by atoms with Crippen molar-refractivity contribution in [2.45, 2.75) is 25.1 Å². The van der Waals surface area contributed by atoms with E-state index in [4.69, 9.17) is 14.9 Å². The van der Waals surface area contributed by atoms with Crippen LogP contribution in [0.25, 0.3) is 11.1 Å². The molecule has 4 rings (SSSR count). The Morgan fingerprint density at radius 3 is 2.82 bits per heavy atom. The predicted octanol–water partition coefficient (Wildman–Crippen LogP) is 0.523. The summed E-state index contributed by atoms with van der Waals surface area (Å²) in [6.45, 7) is -0.0644. The summed E-state index contributed by atoms with van der Waals surface area (Å²) in [7, 11) is 0. The Balaban J connectivity index is 1.54. The van der Waals surface area contributed by atoms with Gasteiger partial charge >= 0.3 is 5.76 Å². The van der Waals surface area contributed by atoms with E-state index in [2.05, 4.69) is 4.98 Å². The first-order chi connectivity index (χ1) is 13.5. The summed E-state index contributed by atoms with van der Waals surface area (Å²) >= 11 is 0. The van der Waals surface area contributed by atoms with E-state index in [1.54, 1.807) is 48.8 Å². The van der Waals surface area contributed by atoms with Crippen molar-refractivity contribution in [3.05, 3.63) is 59.3 Å². The van der Waals surface area contributed by atoms with E-state index in [1.165, 1.54) is 9.47 Å². The second kappa shape index (κ2) is 7.18. The van der Waals surface area contributed by atoms with Gasteiger partial charge in [0, 0.05) is 12.6 Å². The highest BCUT2D eigenvalue weighted by Gasteiger charge is 2.40. The number of hydrogen-bond donors (Lipinski definition) is 1. The van der Waals surface area contributed by atoms with Gasteiger partial charge in [-0.2, -0.15) is 0 Å². The predicted molar refractivity (Wildman–Crippen MR) is 98.4 cm³/mol. The van der Waals surface area contributed by atoms with Crippen LogP contribution < -0.4 is 16.2 Å². The number of amides is 2. The van der Waals surface area contributed by atoms with Crippen LogP contribution in [0.5, 0.6) is 5.75 Å². The molecule has 0 aliphatic carbocycles. The third-order valence-electron chi connectivity index (χ3n) is 4.72. The normalized spacial score (nSPS) is 19.1. The number of pyridine rings is 1. The lowest BCUT2D eigenvalue weighted by Gasteiger charge is -2.21. The summed E-state index contributed by atoms with van der Waals surface area (Å²) in [4.78, 5) is 42.2. The van der Waals surface area contributed by atoms with Crippen molar-refractivity contribution in [1.29, 1.82) is 0 Å². The molecule has 28 heavy (non-hydrogen) atoms. The van der Waals surface area contributed by atoms with Crippen LogP contribution in [0.3, 0.4) is 0 Å². The number of rotatable bonds is 5. The summed E-state index contributed by atoms with van der Waals surface area (Å²) in [5.41, 5.74) is 6.39. The highest BCUT2D eigenvalue weighted by molar-refractivity contribution is 5.88. The number of hydrogen-bond acceptors (Lipinski definition) is 6. The maximum Gasteiger partial charge on any atom is 0.420 e. The molecule has 0 spiro atoms. The molecule has 1 fully saturated rings. The Bertz CT molecular complexity index is 1070. The smallest absolute Gasteiger partial charge is 0.420 e. The molecule has 0 saturated carbocycles. The highest BCUT2D eigenvalue weighted by Crippen LogP contribution is 2.23. The van der Waals surface area contributed by atoms with Crippen molar-refractivity contribution in [3.63, 3.8) is 0 Å². The van der Waals surface area contributed by atoms with E-state index in [9.17, 15) is 14.4 Å². The highest BCUT2D eigenvalue weighted by atomic mass is 16.5. The number of oxazole rings is 1. The Kier molecular flexibility index (Phi) is 4.56. The second-order valence-corrected chi connectivity index (χ2v) is 6.55. The van der Waals surface area contributed by atoms with E-state index < -0.39 is 29.7 Å². The van der Waals surface area contributed by atoms with E-state index in [1.807, 2.05) is 0 Å². The molecule has 2 atom stereocenters. The average Bonchev–Trinajstić information content (AvgIpc) is 3.24. The second-order valence-electron chi connectivity index (χ2n) is 6.55. The minimum atomic E-state index is -0.803. The van der Waals surface area contributed by atoms with Gasteiger partial charge in [0.1, 0.15) is 24.4 Å². The molecule has 3 aromatic rings. The summed E-state index contributed by atoms with van der Waals surface area (Å²) < 4.78 is 12.2. The van der Waals surface area contributed by atoms with Crippen molar-refractivity contribution in [2.75, 3.05) is 6.54 Å². The van der Waals surface area contributed by atoms with Crippen LogP contribution in [0, 0.1) is 0 Å². The van der Waals surface area contributed by atoms with Crippen LogP contribution in [0.2, 0.25) is 0 Å². The van der Waals surface area contributed by atoms with Crippen LogP contribution in [0.1, 0.15) is 6.42 Å². The molecule has 1 aliphatic heterocycles. The molecule has 1 saturated heterocycles. The Morgan fingerprint density at radius 2 is 2.07 bits per heavy atom. The number of aromatic nitrogens is 2. The number of carbonyl (C=O) groups excluding carboxylic acids is 2. The minimum Gasteiger partial charge on any atom is -0.487 e. The molecule has 0 bridgehead atoms. The zero-order valence-corrected chi connectivity index (χ0v) is 14.9. The van der Waals surface area contributed by atoms with Gasteiger partial charge < -0.3 is 19.8 Å². The van der Waals surface area contributed by atoms with E-state index in [-0.39, 0.29) is 19.5 Å². The Labute approximate surface area is 159 Å². The average molecular weight is 382 g/mol. The molecule has 1 aromatic carbocycles. The van der Waals surface area contributed by atoms with Crippen molar-refractivity contribution in [1.82, 2.24) is 14.5 Å². The summed E-state index contributed by atoms with van der Waals surface area (Å²) in [6, 6.07) is 9.50. The Hall–Kier alpha value is -3.62. The lowest BCUT2D eigenvalue weighted by molar-refractivity contribution is -0.137. The largest absolute Gasteiger partial charge is 0.487 e. The summed E-state index contributed by atoms with van der Waals surface area (Å²) in [6.07, 6.45) is 3.05. The van der Waals surface area contributed by atoms with E-state index in [0.29, 0.717) is 16.8 Å². The summed E-state index contributed by atoms with van der Waals surface area (Å²) in [5, 5.41) is 0. The number of nitrogens with zero attached hydrogens (tertiary/aromatic N) is 3. The number of benzene rings is 1. The topological polar surface area (TPSA) is 121 Å². The van der Waals surface area contributed by atoms with Gasteiger partial charge in [0.05, 0.1) is 18.3 Å². The van der Waals surface area contributed by atoms with Gasteiger partial charge in [0.15, 0.2) is 5.58 Å². The van der Waals surface area contributed by atoms with Crippen molar-refractivity contribution in [2.24, 2.45) is 5.73 Å². The first-order valence-electron chi connectivity index (χ1n) is 8.77. The van der Waals surface area contributed by atoms with Gasteiger partial charge in [-0.1, -0.05) is 12.1 Å². The van der Waals surface area contributed by atoms with Crippen molar-refractivity contribution >= 4 is 22.9 Å². The van der Waals surface area contributed by atoms with Gasteiger partial charge in [0.25, 0.3) is 0 Å². The molecular weight excluding hydrogens is 364 g/mol. The van der Waals surface area contributed by atoms with Gasteiger partial charge in [-0.15, -0.1) is 0 Å². The van der Waals surface area contributed by atoms with Gasteiger partial charge in [-0.25, -0.2) is 4.79 Å². The Morgan fingerprint density at radius 1 is 1.25 bits per heavy atom. The molecule has 2 N–H and O–H groups in total. The standard InChI is InChI=1S/C19H18N4O5/c20-18(25)15-8-13(27-12-4-3-7-21-9-12)10-22(15)17(24)11-23-14-5-1-2-6-16(14)28-19(23)26/h1-7,9,13,15H,8,10-11H2,(H2,20,25)/t13-,15-/m0/s1. The maximum atomic E-state index is 12.9. The zero-order chi connectivity index (χ0) is 19.7. The monoisotopic (exact) mass is 382 g/mol. The fourth-order valence-corrected chi connectivity index (χ4v) is 3.43. The SMILES string of the molecule is NC(=O)[C@@H]1C[C@H](Oc2cccnc2)CN1C(=O)Cn1c(=O)oc2ccccc21. The number of primary amides is 1. The number of carbonyl (C=O) groups is 2. The molecule has 0 unspecified atom stereocenters. The fraction of sp³-hybridized carbons (Fsp3) is 0.263. The van der Waals surface area contributed by atoms with Gasteiger partial charge in [-0.3, -0.25) is 19.1 Å². The minimum absolute atomic E-state index is 0.186. The zero-order valence-electron chi connectivity index (χ0n) is 14.9. The van der Waals surface area contributed by atoms with E-state index in [0.717, 1.165) is 0 Å².